The first-order valence-electron chi connectivity index (χ1n) is 5.73. The van der Waals surface area contributed by atoms with Crippen molar-refractivity contribution in [2.24, 2.45) is 0 Å². The van der Waals surface area contributed by atoms with Crippen LogP contribution in [0.5, 0.6) is 0 Å². The summed E-state index contributed by atoms with van der Waals surface area (Å²) in [4.78, 5) is 12.1. The Morgan fingerprint density at radius 3 is 2.56 bits per heavy atom. The highest BCUT2D eigenvalue weighted by atomic mass is 16.6. The molecule has 0 amide bonds. The molecule has 1 heterocycles. The van der Waals surface area contributed by atoms with Gasteiger partial charge in [0.05, 0.1) is 10.9 Å². The van der Waals surface area contributed by atoms with Crippen LogP contribution in [-0.4, -0.2) is 11.6 Å². The van der Waals surface area contributed by atoms with Crippen molar-refractivity contribution in [3.63, 3.8) is 0 Å². The Morgan fingerprint density at radius 1 is 1.22 bits per heavy atom. The molecule has 94 valence electrons. The van der Waals surface area contributed by atoms with E-state index in [9.17, 15) is 10.0 Å². The normalized spacial score (nSPS) is 11.5. The zero-order chi connectivity index (χ0) is 13.3. The second-order valence-electron chi connectivity index (χ2n) is 5.07. The zero-order valence-corrected chi connectivity index (χ0v) is 10.6. The summed E-state index contributed by atoms with van der Waals surface area (Å²) in [6.45, 7) is 5.43. The molecule has 0 unspecified atom stereocenters. The molecule has 1 aromatic heterocycles. The third kappa shape index (κ3) is 2.42. The summed E-state index contributed by atoms with van der Waals surface area (Å²) < 4.78 is 6.06. The second-order valence-corrected chi connectivity index (χ2v) is 5.07. The van der Waals surface area contributed by atoms with Crippen molar-refractivity contribution in [3.05, 3.63) is 47.3 Å². The molecule has 0 bridgehead atoms. The summed E-state index contributed by atoms with van der Waals surface area (Å²) in [5.74, 6) is -0.417. The van der Waals surface area contributed by atoms with E-state index in [-0.39, 0.29) is 0 Å². The summed E-state index contributed by atoms with van der Waals surface area (Å²) in [7, 11) is 0. The van der Waals surface area contributed by atoms with E-state index in [0.29, 0.717) is 16.5 Å². The van der Waals surface area contributed by atoms with Crippen LogP contribution in [0.4, 0.5) is 0 Å². The third-order valence-electron chi connectivity index (χ3n) is 2.43. The fourth-order valence-corrected chi connectivity index (χ4v) is 1.72. The Balaban J connectivity index is 2.52. The Morgan fingerprint density at radius 2 is 1.89 bits per heavy atom. The third-order valence-corrected chi connectivity index (χ3v) is 2.43. The van der Waals surface area contributed by atoms with E-state index in [4.69, 9.17) is 4.74 Å². The Bertz CT molecular complexity index is 600. The first-order chi connectivity index (χ1) is 8.38. The van der Waals surface area contributed by atoms with Crippen LogP contribution in [0.1, 0.15) is 31.1 Å². The number of para-hydroxylation sites is 1. The van der Waals surface area contributed by atoms with Gasteiger partial charge in [-0.05, 0) is 26.8 Å². The first-order valence-corrected chi connectivity index (χ1v) is 5.73. The van der Waals surface area contributed by atoms with E-state index in [1.807, 2.05) is 20.8 Å². The molecule has 2 aromatic rings. The van der Waals surface area contributed by atoms with Crippen LogP contribution in [-0.2, 0) is 4.74 Å². The molecule has 0 fully saturated rings. The van der Waals surface area contributed by atoms with Crippen LogP contribution in [0.25, 0.3) is 10.9 Å². The molecule has 0 aliphatic carbocycles. The van der Waals surface area contributed by atoms with Gasteiger partial charge < -0.3 is 9.94 Å². The Labute approximate surface area is 105 Å². The molecule has 1 aromatic carbocycles. The van der Waals surface area contributed by atoms with E-state index in [1.54, 1.807) is 24.3 Å². The number of nitrogens with zero attached hydrogens (tertiary/aromatic N) is 1. The van der Waals surface area contributed by atoms with E-state index in [0.717, 1.165) is 4.73 Å². The second kappa shape index (κ2) is 4.29. The maximum atomic E-state index is 12.1. The van der Waals surface area contributed by atoms with E-state index in [2.05, 4.69) is 0 Å². The number of benzene rings is 1. The molecular weight excluding hydrogens is 230 g/mol. The molecule has 0 N–H and O–H groups in total. The highest BCUT2D eigenvalue weighted by molar-refractivity contribution is 6.02. The number of hydrogen-bond acceptors (Lipinski definition) is 3. The number of esters is 1. The number of ether oxygens (including phenoxy) is 1. The summed E-state index contributed by atoms with van der Waals surface area (Å²) in [5.41, 5.74) is 0.315. The van der Waals surface area contributed by atoms with Gasteiger partial charge in [0.1, 0.15) is 5.60 Å². The maximum absolute atomic E-state index is 12.1. The Hall–Kier alpha value is -2.10. The van der Waals surface area contributed by atoms with Crippen molar-refractivity contribution in [1.29, 1.82) is 0 Å². The largest absolute Gasteiger partial charge is 0.618 e. The smallest absolute Gasteiger partial charge is 0.339 e. The van der Waals surface area contributed by atoms with Crippen molar-refractivity contribution in [2.45, 2.75) is 26.4 Å². The van der Waals surface area contributed by atoms with Crippen LogP contribution in [0.3, 0.4) is 0 Å². The predicted molar refractivity (Wildman–Crippen MR) is 68.1 cm³/mol. The van der Waals surface area contributed by atoms with E-state index in [1.165, 1.54) is 12.3 Å². The van der Waals surface area contributed by atoms with Gasteiger partial charge in [0.15, 0.2) is 6.20 Å². The van der Waals surface area contributed by atoms with E-state index < -0.39 is 11.6 Å². The molecule has 0 atom stereocenters. The SMILES string of the molecule is CC(C)(C)OC(=O)c1cc[n+]([O-])c2ccccc12. The minimum absolute atomic E-state index is 0.410. The van der Waals surface area contributed by atoms with Gasteiger partial charge in [0.2, 0.25) is 5.52 Å². The number of fused-ring (bicyclic) bond motifs is 1. The number of carbonyl (C=O) groups is 1. The highest BCUT2D eigenvalue weighted by Crippen LogP contribution is 2.18. The molecule has 4 heteroatoms. The lowest BCUT2D eigenvalue weighted by molar-refractivity contribution is -0.577. The number of pyridine rings is 1. The lowest BCUT2D eigenvalue weighted by Gasteiger charge is -2.19. The average molecular weight is 245 g/mol. The summed E-state index contributed by atoms with van der Waals surface area (Å²) in [6.07, 6.45) is 1.32. The number of aromatic nitrogens is 1. The van der Waals surface area contributed by atoms with Gasteiger partial charge in [-0.15, -0.1) is 0 Å². The molecule has 0 aliphatic rings. The van der Waals surface area contributed by atoms with Gasteiger partial charge >= 0.3 is 5.97 Å². The molecule has 0 saturated carbocycles. The van der Waals surface area contributed by atoms with Crippen LogP contribution < -0.4 is 4.73 Å². The standard InChI is InChI=1S/C14H15NO3/c1-14(2,3)18-13(16)11-8-9-15(17)12-7-5-4-6-10(11)12/h4-9H,1-3H3. The molecule has 4 nitrogen and oxygen atoms in total. The molecule has 0 saturated heterocycles. The minimum atomic E-state index is -0.554. The van der Waals surface area contributed by atoms with Gasteiger partial charge in [-0.2, -0.15) is 4.73 Å². The summed E-state index contributed by atoms with van der Waals surface area (Å²) in [6, 6.07) is 8.45. The van der Waals surface area contributed by atoms with Gasteiger partial charge in [-0.25, -0.2) is 4.79 Å². The number of hydrogen-bond donors (Lipinski definition) is 0. The zero-order valence-electron chi connectivity index (χ0n) is 10.6. The van der Waals surface area contributed by atoms with Crippen LogP contribution >= 0.6 is 0 Å². The first kappa shape index (κ1) is 12.4. The molecule has 18 heavy (non-hydrogen) atoms. The molecule has 0 spiro atoms. The van der Waals surface area contributed by atoms with Crippen molar-refractivity contribution in [3.8, 4) is 0 Å². The average Bonchev–Trinajstić information content (AvgIpc) is 2.27. The Kier molecular flexibility index (Phi) is 2.95. The van der Waals surface area contributed by atoms with E-state index >= 15 is 0 Å². The van der Waals surface area contributed by atoms with Crippen LogP contribution in [0, 0.1) is 5.21 Å². The topological polar surface area (TPSA) is 53.2 Å². The van der Waals surface area contributed by atoms with Crippen molar-refractivity contribution < 1.29 is 14.3 Å². The van der Waals surface area contributed by atoms with Crippen LogP contribution in [0.15, 0.2) is 36.5 Å². The van der Waals surface area contributed by atoms with Crippen molar-refractivity contribution in [1.82, 2.24) is 0 Å². The monoisotopic (exact) mass is 245 g/mol. The van der Waals surface area contributed by atoms with Gasteiger partial charge in [0, 0.05) is 12.1 Å². The summed E-state index contributed by atoms with van der Waals surface area (Å²) >= 11 is 0. The number of rotatable bonds is 1. The van der Waals surface area contributed by atoms with Gasteiger partial charge in [-0.1, -0.05) is 12.1 Å². The fraction of sp³-hybridized carbons (Fsp3) is 0.286. The van der Waals surface area contributed by atoms with Crippen molar-refractivity contribution >= 4 is 16.9 Å². The quantitative estimate of drug-likeness (QED) is 0.440. The predicted octanol–water partition coefficient (Wildman–Crippen LogP) is 2.43. The summed E-state index contributed by atoms with van der Waals surface area (Å²) in [5, 5.41) is 12.2. The molecule has 0 radical (unpaired) electrons. The van der Waals surface area contributed by atoms with Gasteiger partial charge in [0.25, 0.3) is 0 Å². The van der Waals surface area contributed by atoms with Gasteiger partial charge in [-0.3, -0.25) is 0 Å². The van der Waals surface area contributed by atoms with Crippen LogP contribution in [0.2, 0.25) is 0 Å². The molecular formula is C14H15NO3. The lowest BCUT2D eigenvalue weighted by Crippen LogP contribution is -2.28. The molecule has 0 aliphatic heterocycles. The fourth-order valence-electron chi connectivity index (χ4n) is 1.72. The minimum Gasteiger partial charge on any atom is -0.618 e. The maximum Gasteiger partial charge on any atom is 0.339 e. The lowest BCUT2D eigenvalue weighted by atomic mass is 10.1. The highest BCUT2D eigenvalue weighted by Gasteiger charge is 2.21. The van der Waals surface area contributed by atoms with Crippen molar-refractivity contribution in [2.75, 3.05) is 0 Å². The molecule has 2 rings (SSSR count). The number of carbonyl (C=O) groups excluding carboxylic acids is 1.